The summed E-state index contributed by atoms with van der Waals surface area (Å²) in [6.45, 7) is 6.07. The van der Waals surface area contributed by atoms with E-state index < -0.39 is 5.82 Å². The first kappa shape index (κ1) is 15.4. The fraction of sp³-hybridized carbons (Fsp3) is 0.438. The molecule has 3 rings (SSSR count). The van der Waals surface area contributed by atoms with Gasteiger partial charge < -0.3 is 9.64 Å². The van der Waals surface area contributed by atoms with Crippen LogP contribution in [0.1, 0.15) is 17.2 Å². The Labute approximate surface area is 134 Å². The Kier molecular flexibility index (Phi) is 4.26. The fourth-order valence-corrected chi connectivity index (χ4v) is 2.86. The van der Waals surface area contributed by atoms with Crippen LogP contribution in [0.25, 0.3) is 0 Å². The number of benzene rings is 1. The van der Waals surface area contributed by atoms with E-state index in [0.29, 0.717) is 31.9 Å². The number of hydrogen-bond acceptors (Lipinski definition) is 5. The average molecular weight is 315 g/mol. The quantitative estimate of drug-likeness (QED) is 0.864. The molecule has 7 heteroatoms. The minimum atomic E-state index is -0.490. The number of rotatable bonds is 3. The molecular weight excluding hydrogens is 297 g/mol. The molecule has 0 bridgehead atoms. The molecule has 1 fully saturated rings. The Morgan fingerprint density at radius 3 is 2.96 bits per heavy atom. The number of ether oxygens (including phenoxy) is 1. The van der Waals surface area contributed by atoms with Gasteiger partial charge in [0.1, 0.15) is 29.1 Å². The smallest absolute Gasteiger partial charge is 0.147 e. The molecule has 0 unspecified atom stereocenters. The zero-order chi connectivity index (χ0) is 16.4. The summed E-state index contributed by atoms with van der Waals surface area (Å²) in [7, 11) is 0. The van der Waals surface area contributed by atoms with Crippen molar-refractivity contribution in [3.63, 3.8) is 0 Å². The van der Waals surface area contributed by atoms with E-state index in [9.17, 15) is 9.65 Å². The third kappa shape index (κ3) is 3.17. The van der Waals surface area contributed by atoms with Gasteiger partial charge in [-0.1, -0.05) is 6.07 Å². The van der Waals surface area contributed by atoms with Crippen molar-refractivity contribution in [2.45, 2.75) is 26.5 Å². The van der Waals surface area contributed by atoms with Gasteiger partial charge >= 0.3 is 0 Å². The monoisotopic (exact) mass is 315 g/mol. The maximum absolute atomic E-state index is 13.8. The van der Waals surface area contributed by atoms with E-state index in [1.54, 1.807) is 12.1 Å². The first-order valence-corrected chi connectivity index (χ1v) is 7.51. The summed E-state index contributed by atoms with van der Waals surface area (Å²) < 4.78 is 21.4. The van der Waals surface area contributed by atoms with Gasteiger partial charge in [-0.25, -0.2) is 14.1 Å². The summed E-state index contributed by atoms with van der Waals surface area (Å²) in [6.07, 6.45) is -0.0849. The molecule has 0 saturated carbocycles. The summed E-state index contributed by atoms with van der Waals surface area (Å²) >= 11 is 0. The van der Waals surface area contributed by atoms with Crippen LogP contribution < -0.4 is 4.90 Å². The largest absolute Gasteiger partial charge is 0.373 e. The minimum absolute atomic E-state index is 0.0842. The van der Waals surface area contributed by atoms with Crippen molar-refractivity contribution in [1.82, 2.24) is 14.8 Å². The van der Waals surface area contributed by atoms with Crippen LogP contribution in [0.5, 0.6) is 0 Å². The average Bonchev–Trinajstić information content (AvgIpc) is 2.85. The summed E-state index contributed by atoms with van der Waals surface area (Å²) in [6, 6.07) is 6.66. The third-order valence-electron chi connectivity index (χ3n) is 3.92. The van der Waals surface area contributed by atoms with Crippen molar-refractivity contribution in [1.29, 1.82) is 5.26 Å². The molecule has 0 spiro atoms. The molecular formula is C16H18FN5O. The number of morpholine rings is 1. The first-order valence-electron chi connectivity index (χ1n) is 7.51. The summed E-state index contributed by atoms with van der Waals surface area (Å²) in [4.78, 5) is 6.28. The highest BCUT2D eigenvalue weighted by Crippen LogP contribution is 2.24. The van der Waals surface area contributed by atoms with Gasteiger partial charge in [-0.15, -0.1) is 0 Å². The number of nitrogens with zero attached hydrogens (tertiary/aromatic N) is 5. The van der Waals surface area contributed by atoms with Crippen LogP contribution in [0, 0.1) is 31.0 Å². The molecule has 1 aliphatic heterocycles. The molecule has 1 aromatic heterocycles. The molecule has 0 aliphatic carbocycles. The Balaban J connectivity index is 1.78. The summed E-state index contributed by atoms with van der Waals surface area (Å²) in [5.41, 5.74) is 0.702. The highest BCUT2D eigenvalue weighted by molar-refractivity contribution is 5.60. The predicted octanol–water partition coefficient (Wildman–Crippen LogP) is 1.81. The number of halogens is 1. The Hall–Kier alpha value is -2.46. The van der Waals surface area contributed by atoms with E-state index >= 15 is 0 Å². The topological polar surface area (TPSA) is 67.0 Å². The molecule has 1 aromatic carbocycles. The lowest BCUT2D eigenvalue weighted by Gasteiger charge is -2.35. The Morgan fingerprint density at radius 2 is 2.26 bits per heavy atom. The highest BCUT2D eigenvalue weighted by Gasteiger charge is 2.24. The molecule has 1 saturated heterocycles. The van der Waals surface area contributed by atoms with Crippen LogP contribution in [0.4, 0.5) is 10.1 Å². The number of hydrogen-bond donors (Lipinski definition) is 0. The van der Waals surface area contributed by atoms with Crippen LogP contribution in [0.2, 0.25) is 0 Å². The van der Waals surface area contributed by atoms with Crippen molar-refractivity contribution in [2.24, 2.45) is 0 Å². The molecule has 1 aliphatic rings. The predicted molar refractivity (Wildman–Crippen MR) is 82.6 cm³/mol. The van der Waals surface area contributed by atoms with Gasteiger partial charge in [0.15, 0.2) is 0 Å². The first-order chi connectivity index (χ1) is 11.1. The number of nitriles is 1. The Bertz CT molecular complexity index is 751. The zero-order valence-electron chi connectivity index (χ0n) is 13.2. The van der Waals surface area contributed by atoms with E-state index in [2.05, 4.69) is 10.1 Å². The maximum atomic E-state index is 13.8. The fourth-order valence-electron chi connectivity index (χ4n) is 2.86. The van der Waals surface area contributed by atoms with Crippen molar-refractivity contribution in [3.8, 4) is 6.07 Å². The molecule has 120 valence electrons. The highest BCUT2D eigenvalue weighted by atomic mass is 19.1. The van der Waals surface area contributed by atoms with Gasteiger partial charge in [0.05, 0.1) is 24.9 Å². The molecule has 2 aromatic rings. The second kappa shape index (κ2) is 6.34. The van der Waals surface area contributed by atoms with Crippen LogP contribution >= 0.6 is 0 Å². The van der Waals surface area contributed by atoms with E-state index in [1.807, 2.05) is 29.5 Å². The molecule has 23 heavy (non-hydrogen) atoms. The third-order valence-corrected chi connectivity index (χ3v) is 3.92. The lowest BCUT2D eigenvalue weighted by Crippen LogP contribution is -2.44. The van der Waals surface area contributed by atoms with Gasteiger partial charge in [0.25, 0.3) is 0 Å². The second-order valence-electron chi connectivity index (χ2n) is 5.57. The summed E-state index contributed by atoms with van der Waals surface area (Å²) in [5, 5.41) is 13.5. The molecule has 0 amide bonds. The zero-order valence-corrected chi connectivity index (χ0v) is 13.2. The van der Waals surface area contributed by atoms with Crippen molar-refractivity contribution < 1.29 is 9.13 Å². The van der Waals surface area contributed by atoms with Crippen molar-refractivity contribution in [3.05, 3.63) is 41.2 Å². The van der Waals surface area contributed by atoms with E-state index in [4.69, 9.17) is 4.74 Å². The van der Waals surface area contributed by atoms with Crippen LogP contribution in [0.3, 0.4) is 0 Å². The second-order valence-corrected chi connectivity index (χ2v) is 5.57. The Morgan fingerprint density at radius 1 is 1.43 bits per heavy atom. The normalized spacial score (nSPS) is 18.0. The van der Waals surface area contributed by atoms with Crippen LogP contribution in [-0.2, 0) is 11.3 Å². The number of anilines is 1. The van der Waals surface area contributed by atoms with Gasteiger partial charge in [-0.3, -0.25) is 0 Å². The molecule has 2 heterocycles. The minimum Gasteiger partial charge on any atom is -0.373 e. The lowest BCUT2D eigenvalue weighted by atomic mass is 10.1. The van der Waals surface area contributed by atoms with Gasteiger partial charge in [-0.2, -0.15) is 10.4 Å². The van der Waals surface area contributed by atoms with Crippen LogP contribution in [-0.4, -0.2) is 40.6 Å². The molecule has 1 atom stereocenters. The van der Waals surface area contributed by atoms with E-state index in [1.165, 1.54) is 6.07 Å². The lowest BCUT2D eigenvalue weighted by molar-refractivity contribution is 0.0269. The van der Waals surface area contributed by atoms with Gasteiger partial charge in [0, 0.05) is 13.1 Å². The van der Waals surface area contributed by atoms with Crippen molar-refractivity contribution in [2.75, 3.05) is 24.6 Å². The SMILES string of the molecule is Cc1nc(C)n(C[C@H]2CN(c3cccc(F)c3C#N)CCO2)n1. The van der Waals surface area contributed by atoms with Gasteiger partial charge in [0.2, 0.25) is 0 Å². The molecule has 0 radical (unpaired) electrons. The van der Waals surface area contributed by atoms with E-state index in [0.717, 1.165) is 11.6 Å². The van der Waals surface area contributed by atoms with Crippen molar-refractivity contribution >= 4 is 5.69 Å². The summed E-state index contributed by atoms with van der Waals surface area (Å²) in [5.74, 6) is 1.08. The van der Waals surface area contributed by atoms with E-state index in [-0.39, 0.29) is 11.7 Å². The molecule has 0 N–H and O–H groups in total. The maximum Gasteiger partial charge on any atom is 0.147 e. The van der Waals surface area contributed by atoms with Gasteiger partial charge in [-0.05, 0) is 26.0 Å². The number of aryl methyl sites for hydroxylation is 2. The standard InChI is InChI=1S/C16H18FN5O/c1-11-19-12(2)22(20-11)10-13-9-21(6-7-23-13)16-5-3-4-15(17)14(16)8-18/h3-5,13H,6-7,9-10H2,1-2H3/t13-/m1/s1. The molecule has 6 nitrogen and oxygen atoms in total. The number of aromatic nitrogens is 3. The van der Waals surface area contributed by atoms with Crippen LogP contribution in [0.15, 0.2) is 18.2 Å².